The number of sulfonamides is 1. The predicted octanol–water partition coefficient (Wildman–Crippen LogP) is 6.26. The minimum Gasteiger partial charge on any atom is -0.354 e. The van der Waals surface area contributed by atoms with Crippen LogP contribution in [0.3, 0.4) is 0 Å². The van der Waals surface area contributed by atoms with E-state index < -0.39 is 16.1 Å². The lowest BCUT2D eigenvalue weighted by atomic mass is 10.0. The molecule has 3 aromatic carbocycles. The molecular formula is C32H39Cl2N3O4S. The van der Waals surface area contributed by atoms with Crippen molar-refractivity contribution >= 4 is 50.7 Å². The van der Waals surface area contributed by atoms with Crippen LogP contribution in [-0.4, -0.2) is 50.5 Å². The van der Waals surface area contributed by atoms with Crippen LogP contribution in [0.2, 0.25) is 10.0 Å². The number of carbonyl (C=O) groups is 2. The smallest absolute Gasteiger partial charge is 0.243 e. The molecule has 0 saturated heterocycles. The molecule has 0 heterocycles. The van der Waals surface area contributed by atoms with Gasteiger partial charge in [-0.3, -0.25) is 13.9 Å². The van der Waals surface area contributed by atoms with Gasteiger partial charge in [-0.05, 0) is 60.2 Å². The zero-order chi connectivity index (χ0) is 30.9. The van der Waals surface area contributed by atoms with Crippen LogP contribution in [0.15, 0.2) is 72.8 Å². The lowest BCUT2D eigenvalue weighted by molar-refractivity contribution is -0.141. The lowest BCUT2D eigenvalue weighted by Crippen LogP contribution is -2.51. The van der Waals surface area contributed by atoms with Crippen molar-refractivity contribution in [3.05, 3.63) is 99.5 Å². The topological polar surface area (TPSA) is 86.8 Å². The molecule has 0 aromatic heterocycles. The first-order valence-electron chi connectivity index (χ1n) is 13.9. The van der Waals surface area contributed by atoms with Gasteiger partial charge in [-0.15, -0.1) is 0 Å². The highest BCUT2D eigenvalue weighted by Crippen LogP contribution is 2.28. The Balaban J connectivity index is 1.90. The molecule has 0 bridgehead atoms. The molecule has 226 valence electrons. The van der Waals surface area contributed by atoms with Gasteiger partial charge in [0.25, 0.3) is 0 Å². The lowest BCUT2D eigenvalue weighted by Gasteiger charge is -2.32. The standard InChI is InChI=1S/C32H39Cl2N3O4S/c1-23(2)21-35-32(39)30(20-25-11-6-5-7-12-25)36(22-26-13-8-14-27(33)19-26)31(38)17-10-18-37(42(4,40)41)29-16-9-15-28(34)24(29)3/h5-9,11-16,19,23,30H,10,17-18,20-22H2,1-4H3,(H,35,39). The van der Waals surface area contributed by atoms with Crippen LogP contribution in [0.1, 0.15) is 43.4 Å². The number of hydrogen-bond acceptors (Lipinski definition) is 4. The van der Waals surface area contributed by atoms with E-state index in [0.717, 1.165) is 17.4 Å². The summed E-state index contributed by atoms with van der Waals surface area (Å²) in [5, 5.41) is 3.99. The number of amides is 2. The summed E-state index contributed by atoms with van der Waals surface area (Å²) in [6, 6.07) is 21.1. The van der Waals surface area contributed by atoms with Gasteiger partial charge < -0.3 is 10.2 Å². The van der Waals surface area contributed by atoms with E-state index in [1.807, 2.05) is 56.3 Å². The normalized spacial score (nSPS) is 12.2. The van der Waals surface area contributed by atoms with Crippen molar-refractivity contribution in [3.63, 3.8) is 0 Å². The summed E-state index contributed by atoms with van der Waals surface area (Å²) < 4.78 is 26.7. The number of anilines is 1. The Labute approximate surface area is 259 Å². The Kier molecular flexibility index (Phi) is 12.3. The maximum atomic E-state index is 13.9. The Morgan fingerprint density at radius 2 is 1.60 bits per heavy atom. The number of halogens is 2. The maximum absolute atomic E-state index is 13.9. The van der Waals surface area contributed by atoms with Gasteiger partial charge in [-0.25, -0.2) is 8.42 Å². The summed E-state index contributed by atoms with van der Waals surface area (Å²) in [5.41, 5.74) is 2.83. The molecule has 1 N–H and O–H groups in total. The number of benzene rings is 3. The number of carbonyl (C=O) groups excluding carboxylic acids is 2. The van der Waals surface area contributed by atoms with Crippen LogP contribution >= 0.6 is 23.2 Å². The molecule has 0 aliphatic carbocycles. The number of rotatable bonds is 14. The molecule has 0 spiro atoms. The van der Waals surface area contributed by atoms with Crippen LogP contribution in [-0.2, 0) is 32.6 Å². The van der Waals surface area contributed by atoms with E-state index in [0.29, 0.717) is 34.3 Å². The average molecular weight is 633 g/mol. The van der Waals surface area contributed by atoms with Gasteiger partial charge in [0.2, 0.25) is 21.8 Å². The first kappa shape index (κ1) is 33.4. The highest BCUT2D eigenvalue weighted by atomic mass is 35.5. The first-order chi connectivity index (χ1) is 19.9. The molecule has 3 rings (SSSR count). The fourth-order valence-corrected chi connectivity index (χ4v) is 6.06. The van der Waals surface area contributed by atoms with E-state index in [-0.39, 0.29) is 43.7 Å². The van der Waals surface area contributed by atoms with E-state index in [4.69, 9.17) is 23.2 Å². The fourth-order valence-electron chi connectivity index (χ4n) is 4.66. The number of nitrogens with zero attached hydrogens (tertiary/aromatic N) is 2. The van der Waals surface area contributed by atoms with Gasteiger partial charge in [0.1, 0.15) is 6.04 Å². The van der Waals surface area contributed by atoms with Gasteiger partial charge in [0, 0.05) is 42.5 Å². The molecule has 1 unspecified atom stereocenters. The molecule has 0 saturated carbocycles. The zero-order valence-electron chi connectivity index (χ0n) is 24.5. The van der Waals surface area contributed by atoms with E-state index in [1.54, 1.807) is 42.2 Å². The second kappa shape index (κ2) is 15.4. The SMILES string of the molecule is Cc1c(Cl)cccc1N(CCCC(=O)N(Cc1cccc(Cl)c1)C(Cc1ccccc1)C(=O)NCC(C)C)S(C)(=O)=O. The van der Waals surface area contributed by atoms with Crippen LogP contribution < -0.4 is 9.62 Å². The Morgan fingerprint density at radius 3 is 2.24 bits per heavy atom. The minimum absolute atomic E-state index is 0.0367. The average Bonchev–Trinajstić information content (AvgIpc) is 2.93. The summed E-state index contributed by atoms with van der Waals surface area (Å²) in [6.07, 6.45) is 1.74. The van der Waals surface area contributed by atoms with Crippen LogP contribution in [0, 0.1) is 12.8 Å². The van der Waals surface area contributed by atoms with Crippen molar-refractivity contribution in [2.75, 3.05) is 23.7 Å². The molecule has 42 heavy (non-hydrogen) atoms. The quantitative estimate of drug-likeness (QED) is 0.227. The summed E-state index contributed by atoms with van der Waals surface area (Å²) in [5.74, 6) is -0.262. The van der Waals surface area contributed by atoms with Crippen molar-refractivity contribution < 1.29 is 18.0 Å². The van der Waals surface area contributed by atoms with E-state index in [2.05, 4.69) is 5.32 Å². The zero-order valence-corrected chi connectivity index (χ0v) is 26.8. The second-order valence-electron chi connectivity index (χ2n) is 10.8. The van der Waals surface area contributed by atoms with Gasteiger partial charge in [0.15, 0.2) is 0 Å². The van der Waals surface area contributed by atoms with Crippen molar-refractivity contribution in [2.45, 2.75) is 52.6 Å². The molecule has 10 heteroatoms. The van der Waals surface area contributed by atoms with E-state index in [9.17, 15) is 18.0 Å². The van der Waals surface area contributed by atoms with Crippen molar-refractivity contribution in [2.24, 2.45) is 5.92 Å². The monoisotopic (exact) mass is 631 g/mol. The van der Waals surface area contributed by atoms with E-state index >= 15 is 0 Å². The summed E-state index contributed by atoms with van der Waals surface area (Å²) in [4.78, 5) is 29.1. The number of hydrogen-bond donors (Lipinski definition) is 1. The minimum atomic E-state index is -3.64. The highest BCUT2D eigenvalue weighted by Gasteiger charge is 2.31. The Hall–Kier alpha value is -3.07. The summed E-state index contributed by atoms with van der Waals surface area (Å²) in [7, 11) is -3.64. The largest absolute Gasteiger partial charge is 0.354 e. The second-order valence-corrected chi connectivity index (χ2v) is 13.6. The third-order valence-electron chi connectivity index (χ3n) is 6.86. The molecule has 0 fully saturated rings. The van der Waals surface area contributed by atoms with Gasteiger partial charge >= 0.3 is 0 Å². The molecule has 7 nitrogen and oxygen atoms in total. The summed E-state index contributed by atoms with van der Waals surface area (Å²) >= 11 is 12.5. The molecule has 2 amide bonds. The Bertz CT molecular complexity index is 1470. The van der Waals surface area contributed by atoms with Crippen molar-refractivity contribution in [3.8, 4) is 0 Å². The molecule has 3 aromatic rings. The third-order valence-corrected chi connectivity index (χ3v) is 8.68. The maximum Gasteiger partial charge on any atom is 0.243 e. The molecule has 0 radical (unpaired) electrons. The highest BCUT2D eigenvalue weighted by molar-refractivity contribution is 7.92. The predicted molar refractivity (Wildman–Crippen MR) is 171 cm³/mol. The van der Waals surface area contributed by atoms with Crippen LogP contribution in [0.25, 0.3) is 0 Å². The third kappa shape index (κ3) is 9.75. The first-order valence-corrected chi connectivity index (χ1v) is 16.6. The van der Waals surface area contributed by atoms with Gasteiger partial charge in [-0.2, -0.15) is 0 Å². The van der Waals surface area contributed by atoms with E-state index in [1.165, 1.54) is 4.31 Å². The molecule has 1 atom stereocenters. The fraction of sp³-hybridized carbons (Fsp3) is 0.375. The molecule has 0 aliphatic rings. The molecule has 0 aliphatic heterocycles. The van der Waals surface area contributed by atoms with Gasteiger partial charge in [0.05, 0.1) is 11.9 Å². The number of nitrogens with one attached hydrogen (secondary N) is 1. The Morgan fingerprint density at radius 1 is 0.929 bits per heavy atom. The van der Waals surface area contributed by atoms with Crippen molar-refractivity contribution in [1.82, 2.24) is 10.2 Å². The van der Waals surface area contributed by atoms with Crippen LogP contribution in [0.5, 0.6) is 0 Å². The van der Waals surface area contributed by atoms with Gasteiger partial charge in [-0.1, -0.05) is 85.6 Å². The molecular weight excluding hydrogens is 593 g/mol. The summed E-state index contributed by atoms with van der Waals surface area (Å²) in [6.45, 7) is 6.52. The van der Waals surface area contributed by atoms with Crippen molar-refractivity contribution in [1.29, 1.82) is 0 Å². The van der Waals surface area contributed by atoms with Crippen LogP contribution in [0.4, 0.5) is 5.69 Å².